The van der Waals surface area contributed by atoms with Gasteiger partial charge in [0.25, 0.3) is 0 Å². The van der Waals surface area contributed by atoms with E-state index in [9.17, 15) is 16.8 Å². The van der Waals surface area contributed by atoms with Gasteiger partial charge in [0.1, 0.15) is 0 Å². The lowest BCUT2D eigenvalue weighted by atomic mass is 10.1. The van der Waals surface area contributed by atoms with E-state index in [1.165, 1.54) is 0 Å². The summed E-state index contributed by atoms with van der Waals surface area (Å²) in [5.41, 5.74) is 0. The van der Waals surface area contributed by atoms with Gasteiger partial charge in [0.05, 0.1) is 17.3 Å². The minimum atomic E-state index is -3.41. The maximum Gasteiger partial charge on any atom is 0.213 e. The first-order valence-corrected chi connectivity index (χ1v) is 10.3. The van der Waals surface area contributed by atoms with Crippen LogP contribution >= 0.6 is 0 Å². The molecule has 2 unspecified atom stereocenters. The van der Waals surface area contributed by atoms with E-state index in [2.05, 4.69) is 10.0 Å². The first kappa shape index (κ1) is 15.2. The summed E-state index contributed by atoms with van der Waals surface area (Å²) in [6, 6.07) is -0.459. The van der Waals surface area contributed by atoms with Crippen LogP contribution in [0.15, 0.2) is 0 Å². The third-order valence-electron chi connectivity index (χ3n) is 3.64. The van der Waals surface area contributed by atoms with Gasteiger partial charge in [-0.05, 0) is 32.2 Å². The third kappa shape index (κ3) is 5.02. The molecule has 8 heteroatoms. The first-order valence-electron chi connectivity index (χ1n) is 6.80. The number of hydrogen-bond acceptors (Lipinski definition) is 5. The number of piperidine rings is 1. The van der Waals surface area contributed by atoms with Crippen LogP contribution in [0.2, 0.25) is 0 Å². The van der Waals surface area contributed by atoms with Gasteiger partial charge in [-0.25, -0.2) is 21.6 Å². The molecule has 0 spiro atoms. The van der Waals surface area contributed by atoms with Crippen LogP contribution in [0, 0.1) is 0 Å². The highest BCUT2D eigenvalue weighted by Gasteiger charge is 2.29. The lowest BCUT2D eigenvalue weighted by Crippen LogP contribution is -2.48. The Balaban J connectivity index is 1.89. The molecular formula is C11H22N2O4S2. The highest BCUT2D eigenvalue weighted by molar-refractivity contribution is 7.91. The van der Waals surface area contributed by atoms with Gasteiger partial charge in [0.2, 0.25) is 10.0 Å². The molecule has 0 amide bonds. The molecule has 6 nitrogen and oxygen atoms in total. The van der Waals surface area contributed by atoms with Crippen LogP contribution in [0.5, 0.6) is 0 Å². The average molecular weight is 310 g/mol. The molecule has 2 rings (SSSR count). The topological polar surface area (TPSA) is 92.3 Å². The largest absolute Gasteiger partial charge is 0.313 e. The van der Waals surface area contributed by atoms with Gasteiger partial charge in [-0.1, -0.05) is 6.42 Å². The van der Waals surface area contributed by atoms with Crippen LogP contribution < -0.4 is 10.0 Å². The molecule has 2 N–H and O–H groups in total. The van der Waals surface area contributed by atoms with Crippen molar-refractivity contribution < 1.29 is 16.8 Å². The van der Waals surface area contributed by atoms with E-state index in [-0.39, 0.29) is 23.3 Å². The van der Waals surface area contributed by atoms with E-state index in [1.807, 2.05) is 0 Å². The van der Waals surface area contributed by atoms with Crippen molar-refractivity contribution in [3.05, 3.63) is 0 Å². The smallest absolute Gasteiger partial charge is 0.213 e. The summed E-state index contributed by atoms with van der Waals surface area (Å²) < 4.78 is 49.6. The van der Waals surface area contributed by atoms with E-state index in [0.29, 0.717) is 12.8 Å². The quantitative estimate of drug-likeness (QED) is 0.739. The number of sulfone groups is 1. The van der Waals surface area contributed by atoms with Crippen molar-refractivity contribution in [2.24, 2.45) is 0 Å². The van der Waals surface area contributed by atoms with E-state index in [1.54, 1.807) is 0 Å². The summed E-state index contributed by atoms with van der Waals surface area (Å²) in [5.74, 6) is 0.156. The van der Waals surface area contributed by atoms with Gasteiger partial charge < -0.3 is 5.32 Å². The Bertz CT molecular complexity index is 495. The second-order valence-electron chi connectivity index (χ2n) is 5.50. The molecule has 2 aliphatic heterocycles. The monoisotopic (exact) mass is 310 g/mol. The summed E-state index contributed by atoms with van der Waals surface area (Å²) in [5, 5.41) is 3.19. The molecule has 0 aromatic carbocycles. The molecule has 0 aromatic heterocycles. The van der Waals surface area contributed by atoms with E-state index in [0.717, 1.165) is 25.8 Å². The van der Waals surface area contributed by atoms with E-state index >= 15 is 0 Å². The van der Waals surface area contributed by atoms with Crippen molar-refractivity contribution in [2.75, 3.05) is 23.8 Å². The van der Waals surface area contributed by atoms with Crippen LogP contribution in [-0.2, 0) is 19.9 Å². The fourth-order valence-corrected chi connectivity index (χ4v) is 6.11. The second-order valence-corrected chi connectivity index (χ2v) is 9.53. The molecular weight excluding hydrogens is 288 g/mol. The van der Waals surface area contributed by atoms with Crippen LogP contribution in [0.25, 0.3) is 0 Å². The molecule has 0 saturated carbocycles. The van der Waals surface area contributed by atoms with Gasteiger partial charge in [0, 0.05) is 12.1 Å². The molecule has 2 aliphatic rings. The maximum atomic E-state index is 12.0. The summed E-state index contributed by atoms with van der Waals surface area (Å²) in [6.45, 7) is 0.859. The molecule has 0 radical (unpaired) electrons. The molecule has 2 fully saturated rings. The van der Waals surface area contributed by atoms with E-state index in [4.69, 9.17) is 0 Å². The Morgan fingerprint density at radius 1 is 1.16 bits per heavy atom. The van der Waals surface area contributed by atoms with Gasteiger partial charge in [-0.3, -0.25) is 0 Å². The van der Waals surface area contributed by atoms with Crippen LogP contribution in [0.4, 0.5) is 0 Å². The van der Waals surface area contributed by atoms with Crippen LogP contribution in [0.3, 0.4) is 0 Å². The lowest BCUT2D eigenvalue weighted by Gasteiger charge is -2.26. The minimum Gasteiger partial charge on any atom is -0.313 e. The zero-order valence-corrected chi connectivity index (χ0v) is 12.6. The average Bonchev–Trinajstić information content (AvgIpc) is 2.27. The SMILES string of the molecule is O=S1(=O)CCCC(NS(=O)(=O)CC2CCCCN2)C1. The molecule has 2 atom stereocenters. The van der Waals surface area contributed by atoms with Crippen LogP contribution in [-0.4, -0.2) is 52.7 Å². The Hall–Kier alpha value is -0.180. The van der Waals surface area contributed by atoms with Crippen molar-refractivity contribution in [2.45, 2.75) is 44.2 Å². The minimum absolute atomic E-state index is 0.00792. The van der Waals surface area contributed by atoms with Gasteiger partial charge in [-0.15, -0.1) is 0 Å². The highest BCUT2D eigenvalue weighted by Crippen LogP contribution is 2.14. The number of sulfonamides is 1. The number of rotatable bonds is 4. The molecule has 2 saturated heterocycles. The highest BCUT2D eigenvalue weighted by atomic mass is 32.2. The Kier molecular flexibility index (Phi) is 4.86. The molecule has 19 heavy (non-hydrogen) atoms. The number of hydrogen-bond donors (Lipinski definition) is 2. The van der Waals surface area contributed by atoms with Crippen LogP contribution in [0.1, 0.15) is 32.1 Å². The van der Waals surface area contributed by atoms with Gasteiger partial charge in [0.15, 0.2) is 9.84 Å². The Morgan fingerprint density at radius 3 is 2.58 bits per heavy atom. The summed E-state index contributed by atoms with van der Waals surface area (Å²) in [6.07, 6.45) is 4.15. The van der Waals surface area contributed by atoms with Crippen molar-refractivity contribution >= 4 is 19.9 Å². The molecule has 0 aliphatic carbocycles. The predicted octanol–water partition coefficient (Wildman–Crippen LogP) is -0.375. The zero-order valence-electron chi connectivity index (χ0n) is 11.0. The fourth-order valence-electron chi connectivity index (χ4n) is 2.75. The zero-order chi connectivity index (χ0) is 13.9. The first-order chi connectivity index (χ1) is 8.86. The lowest BCUT2D eigenvalue weighted by molar-refractivity contribution is 0.420. The molecule has 0 bridgehead atoms. The van der Waals surface area contributed by atoms with Crippen molar-refractivity contribution in [1.29, 1.82) is 0 Å². The Labute approximate surface area is 115 Å². The standard InChI is InChI=1S/C11H22N2O4S2/c14-18(15)7-3-5-11(8-18)13-19(16,17)9-10-4-1-2-6-12-10/h10-13H,1-9H2. The van der Waals surface area contributed by atoms with Crippen molar-refractivity contribution in [1.82, 2.24) is 10.0 Å². The van der Waals surface area contributed by atoms with Crippen molar-refractivity contribution in [3.63, 3.8) is 0 Å². The van der Waals surface area contributed by atoms with Gasteiger partial charge >= 0.3 is 0 Å². The van der Waals surface area contributed by atoms with E-state index < -0.39 is 25.9 Å². The predicted molar refractivity (Wildman–Crippen MR) is 74.2 cm³/mol. The molecule has 2 heterocycles. The summed E-state index contributed by atoms with van der Waals surface area (Å²) in [4.78, 5) is 0. The third-order valence-corrected chi connectivity index (χ3v) is 7.00. The molecule has 112 valence electrons. The second kappa shape index (κ2) is 6.07. The van der Waals surface area contributed by atoms with Crippen molar-refractivity contribution in [3.8, 4) is 0 Å². The summed E-state index contributed by atoms with van der Waals surface area (Å²) >= 11 is 0. The number of nitrogens with one attached hydrogen (secondary N) is 2. The van der Waals surface area contributed by atoms with Gasteiger partial charge in [-0.2, -0.15) is 0 Å². The maximum absolute atomic E-state index is 12.0. The summed E-state index contributed by atoms with van der Waals surface area (Å²) in [7, 11) is -6.49. The fraction of sp³-hybridized carbons (Fsp3) is 1.00. The Morgan fingerprint density at radius 2 is 1.95 bits per heavy atom. The normalized spacial score (nSPS) is 32.0. The molecule has 0 aromatic rings.